The van der Waals surface area contributed by atoms with Gasteiger partial charge in [-0.15, -0.1) is 0 Å². The molecule has 1 aromatic carbocycles. The van der Waals surface area contributed by atoms with Crippen molar-refractivity contribution in [2.45, 2.75) is 32.4 Å². The number of nitrogens with two attached hydrogens (primary N) is 1. The SMILES string of the molecule is Cn1cc(CN2CCCCC2)c2c(CN)cccc21. The van der Waals surface area contributed by atoms with Crippen LogP contribution in [-0.2, 0) is 20.1 Å². The van der Waals surface area contributed by atoms with Crippen LogP contribution in [0.15, 0.2) is 24.4 Å². The van der Waals surface area contributed by atoms with Crippen LogP contribution in [0.5, 0.6) is 0 Å². The number of nitrogens with zero attached hydrogens (tertiary/aromatic N) is 2. The molecule has 3 rings (SSSR count). The van der Waals surface area contributed by atoms with Crippen molar-refractivity contribution in [2.24, 2.45) is 12.8 Å². The summed E-state index contributed by atoms with van der Waals surface area (Å²) in [5, 5.41) is 1.37. The highest BCUT2D eigenvalue weighted by Crippen LogP contribution is 2.26. The number of aryl methyl sites for hydroxylation is 1. The van der Waals surface area contributed by atoms with E-state index >= 15 is 0 Å². The number of hydrogen-bond donors (Lipinski definition) is 1. The third-order valence-corrected chi connectivity index (χ3v) is 4.24. The minimum atomic E-state index is 0.619. The molecular formula is C16H23N3. The Hall–Kier alpha value is -1.32. The van der Waals surface area contributed by atoms with Crippen LogP contribution in [0, 0.1) is 0 Å². The Morgan fingerprint density at radius 2 is 1.89 bits per heavy atom. The number of aromatic nitrogens is 1. The quantitative estimate of drug-likeness (QED) is 0.917. The van der Waals surface area contributed by atoms with Crippen LogP contribution in [-0.4, -0.2) is 22.6 Å². The largest absolute Gasteiger partial charge is 0.350 e. The van der Waals surface area contributed by atoms with Gasteiger partial charge in [0.1, 0.15) is 0 Å². The van der Waals surface area contributed by atoms with Gasteiger partial charge >= 0.3 is 0 Å². The predicted octanol–water partition coefficient (Wildman–Crippen LogP) is 2.62. The molecule has 1 fully saturated rings. The molecule has 3 heteroatoms. The number of hydrogen-bond acceptors (Lipinski definition) is 2. The van der Waals surface area contributed by atoms with E-state index in [1.807, 2.05) is 0 Å². The lowest BCUT2D eigenvalue weighted by Crippen LogP contribution is -2.29. The molecule has 3 nitrogen and oxygen atoms in total. The average Bonchev–Trinajstić information content (AvgIpc) is 2.77. The van der Waals surface area contributed by atoms with Crippen molar-refractivity contribution in [3.05, 3.63) is 35.5 Å². The van der Waals surface area contributed by atoms with Crippen LogP contribution < -0.4 is 5.73 Å². The summed E-state index contributed by atoms with van der Waals surface area (Å²) < 4.78 is 2.23. The second kappa shape index (κ2) is 5.35. The van der Waals surface area contributed by atoms with Gasteiger partial charge < -0.3 is 10.3 Å². The van der Waals surface area contributed by atoms with Crippen LogP contribution in [0.25, 0.3) is 10.9 Å². The molecule has 0 atom stereocenters. The molecule has 2 heterocycles. The molecule has 0 unspecified atom stereocenters. The van der Waals surface area contributed by atoms with Gasteiger partial charge in [-0.25, -0.2) is 0 Å². The van der Waals surface area contributed by atoms with Gasteiger partial charge in [-0.05, 0) is 43.1 Å². The first kappa shape index (κ1) is 12.7. The fourth-order valence-corrected chi connectivity index (χ4v) is 3.27. The maximum atomic E-state index is 5.90. The summed E-state index contributed by atoms with van der Waals surface area (Å²) in [6.45, 7) is 4.16. The molecule has 2 N–H and O–H groups in total. The Bertz CT molecular complexity index is 565. The molecule has 1 aliphatic heterocycles. The number of piperidine rings is 1. The van der Waals surface area contributed by atoms with E-state index in [4.69, 9.17) is 5.73 Å². The number of rotatable bonds is 3. The van der Waals surface area contributed by atoms with Crippen molar-refractivity contribution in [3.63, 3.8) is 0 Å². The first-order chi connectivity index (χ1) is 9.29. The molecule has 0 bridgehead atoms. The summed E-state index contributed by atoms with van der Waals surface area (Å²) in [7, 11) is 2.13. The molecule has 102 valence electrons. The van der Waals surface area contributed by atoms with Gasteiger partial charge in [0.2, 0.25) is 0 Å². The van der Waals surface area contributed by atoms with Crippen molar-refractivity contribution >= 4 is 10.9 Å². The molecule has 19 heavy (non-hydrogen) atoms. The summed E-state index contributed by atoms with van der Waals surface area (Å²) in [5.74, 6) is 0. The van der Waals surface area contributed by atoms with Crippen LogP contribution in [0.4, 0.5) is 0 Å². The summed E-state index contributed by atoms with van der Waals surface area (Å²) in [6.07, 6.45) is 6.35. The van der Waals surface area contributed by atoms with Gasteiger partial charge in [0.15, 0.2) is 0 Å². The van der Waals surface area contributed by atoms with E-state index in [1.165, 1.54) is 54.4 Å². The second-order valence-electron chi connectivity index (χ2n) is 5.62. The lowest BCUT2D eigenvalue weighted by molar-refractivity contribution is 0.221. The first-order valence-electron chi connectivity index (χ1n) is 7.28. The molecule has 0 spiro atoms. The number of benzene rings is 1. The molecule has 1 saturated heterocycles. The van der Waals surface area contributed by atoms with Gasteiger partial charge in [0.25, 0.3) is 0 Å². The molecular weight excluding hydrogens is 234 g/mol. The molecule has 2 aromatic rings. The fourth-order valence-electron chi connectivity index (χ4n) is 3.27. The minimum Gasteiger partial charge on any atom is -0.350 e. The highest BCUT2D eigenvalue weighted by molar-refractivity contribution is 5.87. The number of fused-ring (bicyclic) bond motifs is 1. The topological polar surface area (TPSA) is 34.2 Å². The normalized spacial score (nSPS) is 17.2. The van der Waals surface area contributed by atoms with Crippen molar-refractivity contribution < 1.29 is 0 Å². The van der Waals surface area contributed by atoms with Gasteiger partial charge in [-0.3, -0.25) is 4.90 Å². The van der Waals surface area contributed by atoms with Gasteiger partial charge in [-0.1, -0.05) is 18.6 Å². The molecule has 0 saturated carbocycles. The summed E-state index contributed by atoms with van der Waals surface area (Å²) in [4.78, 5) is 2.57. The van der Waals surface area contributed by atoms with E-state index in [1.54, 1.807) is 0 Å². The Morgan fingerprint density at radius 3 is 2.63 bits per heavy atom. The van der Waals surface area contributed by atoms with Gasteiger partial charge in [0.05, 0.1) is 0 Å². The monoisotopic (exact) mass is 257 g/mol. The summed E-state index contributed by atoms with van der Waals surface area (Å²) in [5.41, 5.74) is 9.90. The molecule has 1 aliphatic rings. The van der Waals surface area contributed by atoms with E-state index in [0.717, 1.165) is 6.54 Å². The maximum Gasteiger partial charge on any atom is 0.0484 e. The number of likely N-dealkylation sites (tertiary alicyclic amines) is 1. The second-order valence-corrected chi connectivity index (χ2v) is 5.62. The van der Waals surface area contributed by atoms with Crippen LogP contribution in [0.2, 0.25) is 0 Å². The zero-order valence-corrected chi connectivity index (χ0v) is 11.7. The van der Waals surface area contributed by atoms with Crippen LogP contribution in [0.1, 0.15) is 30.4 Å². The van der Waals surface area contributed by atoms with Gasteiger partial charge in [-0.2, -0.15) is 0 Å². The third-order valence-electron chi connectivity index (χ3n) is 4.24. The predicted molar refractivity (Wildman–Crippen MR) is 79.9 cm³/mol. The Labute approximate surface area is 115 Å². The van der Waals surface area contributed by atoms with E-state index in [9.17, 15) is 0 Å². The summed E-state index contributed by atoms with van der Waals surface area (Å²) >= 11 is 0. The standard InChI is InChI=1S/C16H23N3/c1-18-11-14(12-19-8-3-2-4-9-19)16-13(10-17)6-5-7-15(16)18/h5-7,11H,2-4,8-10,12,17H2,1H3. The highest BCUT2D eigenvalue weighted by Gasteiger charge is 2.15. The first-order valence-corrected chi connectivity index (χ1v) is 7.28. The Morgan fingerprint density at radius 1 is 1.11 bits per heavy atom. The smallest absolute Gasteiger partial charge is 0.0484 e. The Balaban J connectivity index is 1.98. The van der Waals surface area contributed by atoms with Crippen molar-refractivity contribution in [1.29, 1.82) is 0 Å². The molecule has 0 amide bonds. The zero-order valence-electron chi connectivity index (χ0n) is 11.7. The lowest BCUT2D eigenvalue weighted by Gasteiger charge is -2.26. The van der Waals surface area contributed by atoms with E-state index in [-0.39, 0.29) is 0 Å². The average molecular weight is 257 g/mol. The van der Waals surface area contributed by atoms with Crippen molar-refractivity contribution in [3.8, 4) is 0 Å². The fraction of sp³-hybridized carbons (Fsp3) is 0.500. The minimum absolute atomic E-state index is 0.619. The molecule has 0 aliphatic carbocycles. The van der Waals surface area contributed by atoms with Crippen LogP contribution in [0.3, 0.4) is 0 Å². The molecule has 1 aromatic heterocycles. The summed E-state index contributed by atoms with van der Waals surface area (Å²) in [6, 6.07) is 6.45. The van der Waals surface area contributed by atoms with E-state index in [0.29, 0.717) is 6.54 Å². The highest BCUT2D eigenvalue weighted by atomic mass is 15.1. The third kappa shape index (κ3) is 2.40. The zero-order chi connectivity index (χ0) is 13.2. The lowest BCUT2D eigenvalue weighted by atomic mass is 10.0. The van der Waals surface area contributed by atoms with Crippen LogP contribution >= 0.6 is 0 Å². The van der Waals surface area contributed by atoms with Crippen molar-refractivity contribution in [1.82, 2.24) is 9.47 Å². The van der Waals surface area contributed by atoms with E-state index < -0.39 is 0 Å². The Kier molecular flexibility index (Phi) is 3.58. The maximum absolute atomic E-state index is 5.90. The molecule has 0 radical (unpaired) electrons. The van der Waals surface area contributed by atoms with Crippen molar-refractivity contribution in [2.75, 3.05) is 13.1 Å². The van der Waals surface area contributed by atoms with E-state index in [2.05, 4.69) is 40.9 Å². The van der Waals surface area contributed by atoms with Gasteiger partial charge in [0, 0.05) is 37.2 Å².